The SMILES string of the molecule is N#CB1CCN(C(=O)Cc2cccc([N+](=O)[O-])c2)CC1. The summed E-state index contributed by atoms with van der Waals surface area (Å²) in [6, 6.07) is 6.14. The van der Waals surface area contributed by atoms with Gasteiger partial charge < -0.3 is 4.90 Å². The molecule has 1 amide bonds. The van der Waals surface area contributed by atoms with Gasteiger partial charge in [0.2, 0.25) is 5.91 Å². The third-order valence-electron chi connectivity index (χ3n) is 3.51. The van der Waals surface area contributed by atoms with Crippen molar-refractivity contribution >= 4 is 18.3 Å². The van der Waals surface area contributed by atoms with Crippen LogP contribution in [0.25, 0.3) is 0 Å². The molecule has 102 valence electrons. The van der Waals surface area contributed by atoms with Crippen molar-refractivity contribution < 1.29 is 9.72 Å². The van der Waals surface area contributed by atoms with Gasteiger partial charge in [-0.2, -0.15) is 0 Å². The molecule has 1 aromatic rings. The number of benzene rings is 1. The van der Waals surface area contributed by atoms with Crippen LogP contribution in [0.15, 0.2) is 24.3 Å². The molecule has 2 rings (SSSR count). The maximum absolute atomic E-state index is 12.1. The van der Waals surface area contributed by atoms with Gasteiger partial charge in [0.25, 0.3) is 12.4 Å². The summed E-state index contributed by atoms with van der Waals surface area (Å²) in [5.74, 6) is 2.18. The maximum atomic E-state index is 12.1. The topological polar surface area (TPSA) is 87.2 Å². The minimum atomic E-state index is -0.466. The Hall–Kier alpha value is -2.36. The number of rotatable bonds is 3. The van der Waals surface area contributed by atoms with Gasteiger partial charge in [0.05, 0.1) is 11.3 Å². The smallest absolute Gasteiger partial charge is 0.271 e. The number of carbonyl (C=O) groups excluding carboxylic acids is 1. The van der Waals surface area contributed by atoms with E-state index in [1.807, 2.05) is 0 Å². The van der Waals surface area contributed by atoms with Crippen molar-refractivity contribution in [3.05, 3.63) is 39.9 Å². The quantitative estimate of drug-likeness (QED) is 0.474. The van der Waals surface area contributed by atoms with Crippen LogP contribution in [0.1, 0.15) is 5.56 Å². The molecule has 1 aromatic carbocycles. The van der Waals surface area contributed by atoms with Gasteiger partial charge in [-0.25, -0.2) is 5.26 Å². The zero-order valence-corrected chi connectivity index (χ0v) is 11.0. The average molecular weight is 271 g/mol. The van der Waals surface area contributed by atoms with Crippen LogP contribution in [0.4, 0.5) is 5.69 Å². The van der Waals surface area contributed by atoms with E-state index in [0.717, 1.165) is 0 Å². The van der Waals surface area contributed by atoms with Crippen LogP contribution >= 0.6 is 0 Å². The average Bonchev–Trinajstić information content (AvgIpc) is 2.47. The van der Waals surface area contributed by atoms with Gasteiger partial charge in [0.1, 0.15) is 0 Å². The molecule has 1 aliphatic heterocycles. The van der Waals surface area contributed by atoms with E-state index >= 15 is 0 Å². The number of nitro groups is 1. The Labute approximate surface area is 117 Å². The first-order valence-corrected chi connectivity index (χ1v) is 6.51. The molecule has 1 fully saturated rings. The number of carbonyl (C=O) groups is 1. The number of hydrogen-bond donors (Lipinski definition) is 0. The predicted octanol–water partition coefficient (Wildman–Crippen LogP) is 1.54. The molecular weight excluding hydrogens is 257 g/mol. The Kier molecular flexibility index (Phi) is 4.36. The van der Waals surface area contributed by atoms with E-state index < -0.39 is 4.92 Å². The van der Waals surface area contributed by atoms with Crippen LogP contribution in [0.2, 0.25) is 12.6 Å². The van der Waals surface area contributed by atoms with Crippen molar-refractivity contribution in [3.63, 3.8) is 0 Å². The van der Waals surface area contributed by atoms with Crippen molar-refractivity contribution in [2.75, 3.05) is 13.1 Å². The summed E-state index contributed by atoms with van der Waals surface area (Å²) in [6.07, 6.45) is 1.58. The molecule has 7 heteroatoms. The lowest BCUT2D eigenvalue weighted by atomic mass is 9.45. The first-order chi connectivity index (χ1) is 9.60. The second kappa shape index (κ2) is 6.19. The van der Waals surface area contributed by atoms with Gasteiger partial charge >= 0.3 is 0 Å². The minimum absolute atomic E-state index is 0.00140. The summed E-state index contributed by atoms with van der Waals surface area (Å²) in [4.78, 5) is 24.1. The number of nitro benzene ring substituents is 1. The van der Waals surface area contributed by atoms with Gasteiger partial charge in [-0.05, 0) is 18.2 Å². The van der Waals surface area contributed by atoms with Crippen molar-refractivity contribution in [1.82, 2.24) is 4.90 Å². The monoisotopic (exact) mass is 271 g/mol. The highest BCUT2D eigenvalue weighted by Gasteiger charge is 2.25. The van der Waals surface area contributed by atoms with Crippen molar-refractivity contribution in [3.8, 4) is 5.97 Å². The molecular formula is C13H14BN3O3. The highest BCUT2D eigenvalue weighted by Crippen LogP contribution is 2.16. The summed E-state index contributed by atoms with van der Waals surface area (Å²) < 4.78 is 0. The molecule has 0 unspecified atom stereocenters. The molecule has 1 saturated heterocycles. The van der Waals surface area contributed by atoms with E-state index in [9.17, 15) is 14.9 Å². The lowest BCUT2D eigenvalue weighted by Crippen LogP contribution is -2.41. The standard InChI is InChI=1S/C13H14BN3O3/c15-10-14-4-6-16(7-5-14)13(18)9-11-2-1-3-12(8-11)17(19)20/h1-3,8H,4-7,9H2. The molecule has 0 radical (unpaired) electrons. The van der Waals surface area contributed by atoms with Gasteiger partial charge in [0, 0.05) is 31.2 Å². The molecule has 6 nitrogen and oxygen atoms in total. The summed E-state index contributed by atoms with van der Waals surface area (Å²) in [5.41, 5.74) is 0.644. The Bertz CT molecular complexity index is 562. The molecule has 20 heavy (non-hydrogen) atoms. The molecule has 0 bridgehead atoms. The predicted molar refractivity (Wildman–Crippen MR) is 74.4 cm³/mol. The second-order valence-electron chi connectivity index (χ2n) is 4.89. The van der Waals surface area contributed by atoms with Crippen LogP contribution in [-0.2, 0) is 11.2 Å². The highest BCUT2D eigenvalue weighted by atomic mass is 16.6. The van der Waals surface area contributed by atoms with E-state index in [0.29, 0.717) is 31.3 Å². The fraction of sp³-hybridized carbons (Fsp3) is 0.385. The van der Waals surface area contributed by atoms with Crippen LogP contribution in [0.3, 0.4) is 0 Å². The molecule has 0 aromatic heterocycles. The fourth-order valence-corrected chi connectivity index (χ4v) is 2.32. The maximum Gasteiger partial charge on any atom is 0.271 e. The first kappa shape index (κ1) is 14.1. The Morgan fingerprint density at radius 1 is 1.45 bits per heavy atom. The number of hydrogen-bond acceptors (Lipinski definition) is 4. The van der Waals surface area contributed by atoms with Crippen molar-refractivity contribution in [2.45, 2.75) is 19.1 Å². The zero-order valence-electron chi connectivity index (χ0n) is 11.0. The fourth-order valence-electron chi connectivity index (χ4n) is 2.32. The Balaban J connectivity index is 1.97. The number of nitrogens with zero attached hydrogens (tertiary/aromatic N) is 3. The van der Waals surface area contributed by atoms with Crippen molar-refractivity contribution in [2.24, 2.45) is 0 Å². The molecule has 1 aliphatic rings. The van der Waals surface area contributed by atoms with Crippen molar-refractivity contribution in [1.29, 1.82) is 5.26 Å². The molecule has 0 atom stereocenters. The summed E-state index contributed by atoms with van der Waals surface area (Å²) in [7, 11) is 0. The van der Waals surface area contributed by atoms with E-state index in [2.05, 4.69) is 5.97 Å². The lowest BCUT2D eigenvalue weighted by Gasteiger charge is -2.28. The van der Waals surface area contributed by atoms with Gasteiger partial charge in [-0.15, -0.1) is 0 Å². The summed E-state index contributed by atoms with van der Waals surface area (Å²) in [6.45, 7) is 1.22. The lowest BCUT2D eigenvalue weighted by molar-refractivity contribution is -0.384. The number of amides is 1. The van der Waals surface area contributed by atoms with Crippen LogP contribution in [0.5, 0.6) is 0 Å². The minimum Gasteiger partial charge on any atom is -0.344 e. The van der Waals surface area contributed by atoms with Gasteiger partial charge in [0.15, 0.2) is 0 Å². The Morgan fingerprint density at radius 3 is 2.75 bits per heavy atom. The van der Waals surface area contributed by atoms with Gasteiger partial charge in [-0.1, -0.05) is 12.1 Å². The third kappa shape index (κ3) is 3.35. The summed E-state index contributed by atoms with van der Waals surface area (Å²) >= 11 is 0. The number of nitriles is 1. The second-order valence-corrected chi connectivity index (χ2v) is 4.89. The normalized spacial score (nSPS) is 14.8. The largest absolute Gasteiger partial charge is 0.344 e. The highest BCUT2D eigenvalue weighted by molar-refractivity contribution is 6.67. The van der Waals surface area contributed by atoms with E-state index in [4.69, 9.17) is 5.26 Å². The van der Waals surface area contributed by atoms with E-state index in [-0.39, 0.29) is 24.7 Å². The first-order valence-electron chi connectivity index (χ1n) is 6.51. The van der Waals surface area contributed by atoms with Crippen LogP contribution in [0, 0.1) is 21.3 Å². The molecule has 0 N–H and O–H groups in total. The zero-order chi connectivity index (χ0) is 14.5. The van der Waals surface area contributed by atoms with E-state index in [1.54, 1.807) is 17.0 Å². The van der Waals surface area contributed by atoms with Crippen LogP contribution in [-0.4, -0.2) is 35.5 Å². The molecule has 1 heterocycles. The third-order valence-corrected chi connectivity index (χ3v) is 3.51. The Morgan fingerprint density at radius 2 is 2.15 bits per heavy atom. The molecule has 0 saturated carbocycles. The number of non-ortho nitro benzene ring substituents is 1. The molecule has 0 spiro atoms. The van der Waals surface area contributed by atoms with E-state index in [1.165, 1.54) is 12.1 Å². The van der Waals surface area contributed by atoms with Gasteiger partial charge in [-0.3, -0.25) is 14.9 Å². The van der Waals surface area contributed by atoms with Crippen LogP contribution < -0.4 is 0 Å². The summed E-state index contributed by atoms with van der Waals surface area (Å²) in [5, 5.41) is 19.5. The molecule has 0 aliphatic carbocycles.